The quantitative estimate of drug-likeness (QED) is 0.469. The number of nitrogens with one attached hydrogen (secondary N) is 1. The summed E-state index contributed by atoms with van der Waals surface area (Å²) in [6.07, 6.45) is 4.19. The lowest BCUT2D eigenvalue weighted by atomic mass is 9.98. The fraction of sp³-hybridized carbons (Fsp3) is 0.381. The summed E-state index contributed by atoms with van der Waals surface area (Å²) in [7, 11) is 0. The second-order valence-corrected chi connectivity index (χ2v) is 7.15. The van der Waals surface area contributed by atoms with Gasteiger partial charge < -0.3 is 10.1 Å². The number of fused-ring (bicyclic) bond motifs is 3. The van der Waals surface area contributed by atoms with Gasteiger partial charge in [0.1, 0.15) is 6.61 Å². The van der Waals surface area contributed by atoms with E-state index >= 15 is 0 Å². The number of amides is 1. The van der Waals surface area contributed by atoms with E-state index in [2.05, 4.69) is 57.6 Å². The molecule has 2 aromatic rings. The van der Waals surface area contributed by atoms with E-state index in [1.54, 1.807) is 0 Å². The van der Waals surface area contributed by atoms with Crippen LogP contribution in [0.25, 0.3) is 11.1 Å². The molecule has 0 unspecified atom stereocenters. The SMILES string of the molecule is O=C(NCCCCCCBr)OCC1c2ccccc2-c2ccccc21. The lowest BCUT2D eigenvalue weighted by Gasteiger charge is -2.14. The van der Waals surface area contributed by atoms with Crippen molar-refractivity contribution < 1.29 is 9.53 Å². The highest BCUT2D eigenvalue weighted by molar-refractivity contribution is 9.09. The number of halogens is 1. The summed E-state index contributed by atoms with van der Waals surface area (Å²) < 4.78 is 5.51. The van der Waals surface area contributed by atoms with Crippen molar-refractivity contribution in [2.45, 2.75) is 31.6 Å². The zero-order valence-electron chi connectivity index (χ0n) is 14.3. The van der Waals surface area contributed by atoms with Crippen molar-refractivity contribution >= 4 is 22.0 Å². The summed E-state index contributed by atoms with van der Waals surface area (Å²) in [6.45, 7) is 1.06. The monoisotopic (exact) mass is 401 g/mol. The van der Waals surface area contributed by atoms with Gasteiger partial charge in [0, 0.05) is 17.8 Å². The third-order valence-electron chi connectivity index (χ3n) is 4.67. The van der Waals surface area contributed by atoms with Crippen LogP contribution in [0.3, 0.4) is 0 Å². The Labute approximate surface area is 157 Å². The van der Waals surface area contributed by atoms with Gasteiger partial charge in [-0.05, 0) is 35.1 Å². The Bertz CT molecular complexity index is 671. The highest BCUT2D eigenvalue weighted by Gasteiger charge is 2.28. The molecule has 0 bridgehead atoms. The van der Waals surface area contributed by atoms with Crippen LogP contribution in [0.15, 0.2) is 48.5 Å². The Morgan fingerprint density at radius 3 is 2.16 bits per heavy atom. The minimum Gasteiger partial charge on any atom is -0.449 e. The topological polar surface area (TPSA) is 38.3 Å². The molecule has 0 saturated carbocycles. The van der Waals surface area contributed by atoms with E-state index in [9.17, 15) is 4.79 Å². The fourth-order valence-corrected chi connectivity index (χ4v) is 3.81. The number of benzene rings is 2. The minimum absolute atomic E-state index is 0.122. The number of ether oxygens (including phenoxy) is 1. The van der Waals surface area contributed by atoms with Crippen molar-refractivity contribution in [3.63, 3.8) is 0 Å². The van der Waals surface area contributed by atoms with E-state index in [4.69, 9.17) is 4.74 Å². The van der Waals surface area contributed by atoms with Crippen molar-refractivity contribution in [1.82, 2.24) is 5.32 Å². The van der Waals surface area contributed by atoms with Gasteiger partial charge in [0.25, 0.3) is 0 Å². The molecule has 1 N–H and O–H groups in total. The number of rotatable bonds is 8. The maximum Gasteiger partial charge on any atom is 0.407 e. The van der Waals surface area contributed by atoms with Gasteiger partial charge in [-0.2, -0.15) is 0 Å². The van der Waals surface area contributed by atoms with E-state index in [0.29, 0.717) is 13.2 Å². The molecule has 1 amide bonds. The standard InChI is InChI=1S/C21H24BrNO2/c22-13-7-1-2-8-14-23-21(24)25-15-20-18-11-5-3-9-16(18)17-10-4-6-12-19(17)20/h3-6,9-12,20H,1-2,7-8,13-15H2,(H,23,24). The molecule has 0 aliphatic heterocycles. The summed E-state index contributed by atoms with van der Waals surface area (Å²) in [6, 6.07) is 16.7. The van der Waals surface area contributed by atoms with E-state index in [0.717, 1.165) is 18.2 Å². The van der Waals surface area contributed by atoms with Gasteiger partial charge in [-0.25, -0.2) is 4.79 Å². The van der Waals surface area contributed by atoms with Crippen LogP contribution in [0, 0.1) is 0 Å². The molecular formula is C21H24BrNO2. The zero-order chi connectivity index (χ0) is 17.5. The molecule has 1 aliphatic rings. The van der Waals surface area contributed by atoms with E-state index in [-0.39, 0.29) is 12.0 Å². The molecule has 25 heavy (non-hydrogen) atoms. The number of alkyl carbamates (subject to hydrolysis) is 1. The Hall–Kier alpha value is -1.81. The van der Waals surface area contributed by atoms with Gasteiger partial charge in [0.2, 0.25) is 0 Å². The second-order valence-electron chi connectivity index (χ2n) is 6.36. The average Bonchev–Trinajstić information content (AvgIpc) is 2.97. The third-order valence-corrected chi connectivity index (χ3v) is 5.23. The summed E-state index contributed by atoms with van der Waals surface area (Å²) in [5.74, 6) is 0.122. The molecule has 3 rings (SSSR count). The highest BCUT2D eigenvalue weighted by atomic mass is 79.9. The maximum atomic E-state index is 12.0. The molecule has 4 heteroatoms. The predicted octanol–water partition coefficient (Wildman–Crippen LogP) is 5.48. The molecule has 0 atom stereocenters. The van der Waals surface area contributed by atoms with E-state index in [1.807, 2.05) is 12.1 Å². The van der Waals surface area contributed by atoms with Crippen molar-refractivity contribution in [2.24, 2.45) is 0 Å². The van der Waals surface area contributed by atoms with Gasteiger partial charge in [-0.3, -0.25) is 0 Å². The van der Waals surface area contributed by atoms with Crippen molar-refractivity contribution in [3.8, 4) is 11.1 Å². The maximum absolute atomic E-state index is 12.0. The smallest absolute Gasteiger partial charge is 0.407 e. The molecule has 0 aromatic heterocycles. The summed E-state index contributed by atoms with van der Waals surface area (Å²) in [4.78, 5) is 12.0. The van der Waals surface area contributed by atoms with Crippen LogP contribution in [-0.4, -0.2) is 24.6 Å². The number of carbonyl (C=O) groups excluding carboxylic acids is 1. The lowest BCUT2D eigenvalue weighted by molar-refractivity contribution is 0.143. The molecule has 3 nitrogen and oxygen atoms in total. The van der Waals surface area contributed by atoms with Gasteiger partial charge in [-0.1, -0.05) is 77.3 Å². The molecule has 1 aliphatic carbocycles. The minimum atomic E-state index is -0.317. The van der Waals surface area contributed by atoms with Crippen LogP contribution in [0.1, 0.15) is 42.7 Å². The van der Waals surface area contributed by atoms with Crippen molar-refractivity contribution in [2.75, 3.05) is 18.5 Å². The number of unbranched alkanes of at least 4 members (excludes halogenated alkanes) is 3. The first-order valence-electron chi connectivity index (χ1n) is 8.96. The zero-order valence-corrected chi connectivity index (χ0v) is 15.9. The highest BCUT2D eigenvalue weighted by Crippen LogP contribution is 2.44. The lowest BCUT2D eigenvalue weighted by Crippen LogP contribution is -2.27. The van der Waals surface area contributed by atoms with Crippen molar-refractivity contribution in [3.05, 3.63) is 59.7 Å². The van der Waals surface area contributed by atoms with Crippen LogP contribution >= 0.6 is 15.9 Å². The van der Waals surface area contributed by atoms with Crippen LogP contribution in [0.4, 0.5) is 4.79 Å². The van der Waals surface area contributed by atoms with Crippen molar-refractivity contribution in [1.29, 1.82) is 0 Å². The number of hydrogen-bond acceptors (Lipinski definition) is 2. The molecule has 0 radical (unpaired) electrons. The Balaban J connectivity index is 1.52. The second kappa shape index (κ2) is 9.04. The van der Waals surface area contributed by atoms with Gasteiger partial charge in [-0.15, -0.1) is 0 Å². The summed E-state index contributed by atoms with van der Waals surface area (Å²) in [5, 5.41) is 3.91. The van der Waals surface area contributed by atoms with Gasteiger partial charge in [0.05, 0.1) is 0 Å². The van der Waals surface area contributed by atoms with Crippen LogP contribution < -0.4 is 5.32 Å². The molecule has 2 aromatic carbocycles. The fourth-order valence-electron chi connectivity index (χ4n) is 3.41. The van der Waals surface area contributed by atoms with E-state index in [1.165, 1.54) is 35.1 Å². The van der Waals surface area contributed by atoms with Crippen LogP contribution in [-0.2, 0) is 4.74 Å². The molecule has 0 heterocycles. The van der Waals surface area contributed by atoms with E-state index < -0.39 is 0 Å². The first-order valence-corrected chi connectivity index (χ1v) is 10.1. The number of alkyl halides is 1. The predicted molar refractivity (Wildman–Crippen MR) is 105 cm³/mol. The Morgan fingerprint density at radius 2 is 1.52 bits per heavy atom. The normalized spacial score (nSPS) is 12.5. The first-order chi connectivity index (χ1) is 12.3. The first kappa shape index (κ1) is 18.0. The van der Waals surface area contributed by atoms with Crippen LogP contribution in [0.5, 0.6) is 0 Å². The number of carbonyl (C=O) groups is 1. The Kier molecular flexibility index (Phi) is 6.51. The van der Waals surface area contributed by atoms with Gasteiger partial charge in [0.15, 0.2) is 0 Å². The average molecular weight is 402 g/mol. The molecule has 0 fully saturated rings. The van der Waals surface area contributed by atoms with Gasteiger partial charge >= 0.3 is 6.09 Å². The summed E-state index contributed by atoms with van der Waals surface area (Å²) >= 11 is 3.43. The molecule has 132 valence electrons. The third kappa shape index (κ3) is 4.43. The van der Waals surface area contributed by atoms with Crippen LogP contribution in [0.2, 0.25) is 0 Å². The summed E-state index contributed by atoms with van der Waals surface area (Å²) in [5.41, 5.74) is 4.98. The molecule has 0 saturated heterocycles. The molecular weight excluding hydrogens is 378 g/mol. The largest absolute Gasteiger partial charge is 0.449 e. The number of hydrogen-bond donors (Lipinski definition) is 1. The molecule has 0 spiro atoms. The Morgan fingerprint density at radius 1 is 0.920 bits per heavy atom.